The first-order chi connectivity index (χ1) is 4.75. The van der Waals surface area contributed by atoms with E-state index in [1.165, 1.54) is 0 Å². The molecular weight excluding hydrogens is 148 g/mol. The highest BCUT2D eigenvalue weighted by Gasteiger charge is 1.98. The maximum atomic E-state index is 8.66. The lowest BCUT2D eigenvalue weighted by atomic mass is 10.1. The summed E-state index contributed by atoms with van der Waals surface area (Å²) in [5.41, 5.74) is 1.68. The van der Waals surface area contributed by atoms with Gasteiger partial charge in [0.15, 0.2) is 0 Å². The Balaban J connectivity index is 3.14. The molecule has 1 radical (unpaired) electrons. The molecule has 1 rings (SSSR count). The molecule has 0 fully saturated rings. The van der Waals surface area contributed by atoms with Crippen LogP contribution in [0.2, 0.25) is 5.02 Å². The van der Waals surface area contributed by atoms with Crippen LogP contribution in [0.1, 0.15) is 11.1 Å². The highest BCUT2D eigenvalue weighted by atomic mass is 35.5. The van der Waals surface area contributed by atoms with Gasteiger partial charge in [-0.3, -0.25) is 0 Å². The Kier molecular flexibility index (Phi) is 2.30. The number of benzene rings is 1. The van der Waals surface area contributed by atoms with Gasteiger partial charge in [0.25, 0.3) is 0 Å². The van der Waals surface area contributed by atoms with Crippen LogP contribution in [0, 0.1) is 13.5 Å². The van der Waals surface area contributed by atoms with Crippen LogP contribution in [0.15, 0.2) is 18.2 Å². The van der Waals surface area contributed by atoms with E-state index >= 15 is 0 Å². The molecule has 2 heteroatoms. The number of aliphatic hydroxyl groups excluding tert-OH is 1. The second-order valence-corrected chi connectivity index (χ2v) is 2.49. The summed E-state index contributed by atoms with van der Waals surface area (Å²) in [4.78, 5) is 0. The summed E-state index contributed by atoms with van der Waals surface area (Å²) in [5.74, 6) is 0. The van der Waals surface area contributed by atoms with Crippen molar-refractivity contribution in [3.8, 4) is 0 Å². The Bertz CT molecular complexity index is 233. The van der Waals surface area contributed by atoms with Crippen molar-refractivity contribution in [2.24, 2.45) is 0 Å². The van der Waals surface area contributed by atoms with E-state index < -0.39 is 0 Å². The first-order valence-electron chi connectivity index (χ1n) is 2.98. The third-order valence-corrected chi connectivity index (χ3v) is 1.86. The van der Waals surface area contributed by atoms with E-state index in [0.29, 0.717) is 5.02 Å². The van der Waals surface area contributed by atoms with Crippen LogP contribution in [-0.2, 0) is 0 Å². The summed E-state index contributed by atoms with van der Waals surface area (Å²) in [6.07, 6.45) is 0. The van der Waals surface area contributed by atoms with Crippen molar-refractivity contribution in [1.82, 2.24) is 0 Å². The first-order valence-corrected chi connectivity index (χ1v) is 3.36. The monoisotopic (exact) mass is 155 g/mol. The second-order valence-electron chi connectivity index (χ2n) is 2.08. The molecule has 10 heavy (non-hydrogen) atoms. The summed E-state index contributed by atoms with van der Waals surface area (Å²) in [6.45, 7) is 2.92. The molecular formula is C8H8ClO. The van der Waals surface area contributed by atoms with Crippen molar-refractivity contribution in [2.45, 2.75) is 6.92 Å². The molecule has 0 bridgehead atoms. The van der Waals surface area contributed by atoms with Gasteiger partial charge in [0.1, 0.15) is 6.61 Å². The van der Waals surface area contributed by atoms with Gasteiger partial charge in [-0.05, 0) is 24.1 Å². The van der Waals surface area contributed by atoms with Crippen LogP contribution in [0.5, 0.6) is 0 Å². The number of hydrogen-bond acceptors (Lipinski definition) is 1. The predicted octanol–water partition coefficient (Wildman–Crippen LogP) is 2.53. The highest BCUT2D eigenvalue weighted by molar-refractivity contribution is 6.31. The van der Waals surface area contributed by atoms with Gasteiger partial charge >= 0.3 is 0 Å². The molecule has 0 aromatic heterocycles. The summed E-state index contributed by atoms with van der Waals surface area (Å²) in [6, 6.07) is 5.41. The fourth-order valence-electron chi connectivity index (χ4n) is 0.764. The molecule has 0 heterocycles. The number of halogens is 1. The lowest BCUT2D eigenvalue weighted by molar-refractivity contribution is 0.414. The van der Waals surface area contributed by atoms with Crippen molar-refractivity contribution >= 4 is 11.6 Å². The fraction of sp³-hybridized carbons (Fsp3) is 0.125. The maximum Gasteiger partial charge on any atom is 0.109 e. The molecule has 0 atom stereocenters. The zero-order valence-corrected chi connectivity index (χ0v) is 6.39. The Morgan fingerprint density at radius 2 is 2.20 bits per heavy atom. The number of aliphatic hydroxyl groups is 1. The minimum atomic E-state index is 0.683. The van der Waals surface area contributed by atoms with Crippen molar-refractivity contribution in [3.63, 3.8) is 0 Å². The zero-order chi connectivity index (χ0) is 7.56. The summed E-state index contributed by atoms with van der Waals surface area (Å²) >= 11 is 5.76. The molecule has 0 aliphatic heterocycles. The van der Waals surface area contributed by atoms with E-state index in [4.69, 9.17) is 16.7 Å². The van der Waals surface area contributed by atoms with E-state index in [0.717, 1.165) is 17.7 Å². The van der Waals surface area contributed by atoms with Crippen molar-refractivity contribution in [1.29, 1.82) is 0 Å². The average Bonchev–Trinajstić information content (AvgIpc) is 1.95. The SMILES string of the molecule is Cc1c(Cl)cccc1[CH]O. The third kappa shape index (κ3) is 1.31. The fourth-order valence-corrected chi connectivity index (χ4v) is 0.946. The lowest BCUT2D eigenvalue weighted by Crippen LogP contribution is -1.85. The van der Waals surface area contributed by atoms with E-state index in [9.17, 15) is 0 Å². The van der Waals surface area contributed by atoms with Crippen LogP contribution in [0.4, 0.5) is 0 Å². The smallest absolute Gasteiger partial charge is 0.109 e. The molecule has 1 nitrogen and oxygen atoms in total. The summed E-state index contributed by atoms with van der Waals surface area (Å²) < 4.78 is 0. The first kappa shape index (κ1) is 7.58. The Morgan fingerprint density at radius 3 is 2.70 bits per heavy atom. The number of rotatable bonds is 1. The molecule has 0 amide bonds. The van der Waals surface area contributed by atoms with Gasteiger partial charge < -0.3 is 5.11 Å². The van der Waals surface area contributed by atoms with Crippen LogP contribution >= 0.6 is 11.6 Å². The molecule has 0 saturated heterocycles. The molecule has 1 aromatic carbocycles. The van der Waals surface area contributed by atoms with Crippen LogP contribution in [-0.4, -0.2) is 5.11 Å². The second kappa shape index (κ2) is 3.04. The Hall–Kier alpha value is -0.530. The number of hydrogen-bond donors (Lipinski definition) is 1. The van der Waals surface area contributed by atoms with Gasteiger partial charge in [-0.15, -0.1) is 0 Å². The van der Waals surface area contributed by atoms with Gasteiger partial charge in [0, 0.05) is 5.02 Å². The van der Waals surface area contributed by atoms with E-state index in [1.807, 2.05) is 6.92 Å². The predicted molar refractivity (Wildman–Crippen MR) is 41.5 cm³/mol. The highest BCUT2D eigenvalue weighted by Crippen LogP contribution is 2.18. The normalized spacial score (nSPS) is 9.90. The van der Waals surface area contributed by atoms with E-state index in [1.54, 1.807) is 18.2 Å². The topological polar surface area (TPSA) is 20.2 Å². The van der Waals surface area contributed by atoms with Crippen LogP contribution in [0.25, 0.3) is 0 Å². The maximum absolute atomic E-state index is 8.66. The molecule has 0 spiro atoms. The van der Waals surface area contributed by atoms with Gasteiger partial charge in [0.2, 0.25) is 0 Å². The largest absolute Gasteiger partial charge is 0.385 e. The molecule has 1 aromatic rings. The molecule has 0 unspecified atom stereocenters. The van der Waals surface area contributed by atoms with Crippen LogP contribution in [0.3, 0.4) is 0 Å². The van der Waals surface area contributed by atoms with Crippen molar-refractivity contribution < 1.29 is 5.11 Å². The minimum absolute atomic E-state index is 0.683. The Morgan fingerprint density at radius 1 is 1.50 bits per heavy atom. The van der Waals surface area contributed by atoms with E-state index in [2.05, 4.69) is 0 Å². The van der Waals surface area contributed by atoms with E-state index in [-0.39, 0.29) is 0 Å². The molecule has 0 aliphatic carbocycles. The lowest BCUT2D eigenvalue weighted by Gasteiger charge is -2.01. The Labute approximate surface area is 65.3 Å². The quantitative estimate of drug-likeness (QED) is 0.661. The van der Waals surface area contributed by atoms with Gasteiger partial charge in [0.05, 0.1) is 0 Å². The van der Waals surface area contributed by atoms with Crippen molar-refractivity contribution in [2.75, 3.05) is 0 Å². The minimum Gasteiger partial charge on any atom is -0.385 e. The summed E-state index contributed by atoms with van der Waals surface area (Å²) in [5, 5.41) is 9.34. The van der Waals surface area contributed by atoms with Crippen LogP contribution < -0.4 is 0 Å². The van der Waals surface area contributed by atoms with Gasteiger partial charge in [-0.25, -0.2) is 0 Å². The zero-order valence-electron chi connectivity index (χ0n) is 5.63. The van der Waals surface area contributed by atoms with Gasteiger partial charge in [-0.2, -0.15) is 0 Å². The molecule has 0 saturated carbocycles. The molecule has 53 valence electrons. The van der Waals surface area contributed by atoms with Crippen molar-refractivity contribution in [3.05, 3.63) is 41.0 Å². The average molecular weight is 156 g/mol. The summed E-state index contributed by atoms with van der Waals surface area (Å²) in [7, 11) is 0. The standard InChI is InChI=1S/C8H8ClO/c1-6-7(5-10)3-2-4-8(6)9/h2-5,10H,1H3. The molecule has 0 aliphatic rings. The van der Waals surface area contributed by atoms with Gasteiger partial charge in [-0.1, -0.05) is 23.7 Å². The third-order valence-electron chi connectivity index (χ3n) is 1.45. The molecule has 1 N–H and O–H groups in total.